The van der Waals surface area contributed by atoms with E-state index in [0.29, 0.717) is 0 Å². The summed E-state index contributed by atoms with van der Waals surface area (Å²) in [6, 6.07) is -1.39. The second kappa shape index (κ2) is 2.54. The highest BCUT2D eigenvalue weighted by Gasteiger charge is 2.06. The van der Waals surface area contributed by atoms with Crippen molar-refractivity contribution in [1.82, 2.24) is 0 Å². The normalized spacial score (nSPS) is 19.9. The lowest BCUT2D eigenvalue weighted by Gasteiger charge is -1.96. The maximum Gasteiger partial charge on any atom is 0.322 e. The van der Waals surface area contributed by atoms with Gasteiger partial charge in [-0.05, 0) is 0 Å². The number of nitrogens with two attached hydrogens (primary N) is 1. The highest BCUT2D eigenvalue weighted by molar-refractivity contribution is 5.73. The van der Waals surface area contributed by atoms with Gasteiger partial charge in [0, 0.05) is 0 Å². The number of carboxylic acid groups (broad SMARTS) is 1. The van der Waals surface area contributed by atoms with Crippen LogP contribution in [0.15, 0.2) is 0 Å². The molecular formula is C3H7NO3. The number of aliphatic hydroxyl groups is 1. The van der Waals surface area contributed by atoms with Crippen LogP contribution in [0.25, 0.3) is 0 Å². The highest BCUT2D eigenvalue weighted by atomic mass is 16.4. The molecule has 42 valence electrons. The summed E-state index contributed by atoms with van der Waals surface area (Å²) in [6.45, 7) is -0.484. The zero-order valence-electron chi connectivity index (χ0n) is 6.50. The smallest absolute Gasteiger partial charge is 0.322 e. The minimum Gasteiger partial charge on any atom is -0.480 e. The van der Waals surface area contributed by atoms with Crippen molar-refractivity contribution in [3.05, 3.63) is 0 Å². The second-order valence-corrected chi connectivity index (χ2v) is 1.02. The highest BCUT2D eigenvalue weighted by Crippen LogP contribution is 1.71. The Hall–Kier alpha value is -0.610. The summed E-state index contributed by atoms with van der Waals surface area (Å²) >= 11 is 0. The Morgan fingerprint density at radius 2 is 3.00 bits per heavy atom. The second-order valence-electron chi connectivity index (χ2n) is 1.02. The minimum absolute atomic E-state index is 0.0170. The van der Waals surface area contributed by atoms with Crippen molar-refractivity contribution in [2.45, 2.75) is 6.04 Å². The first-order valence-electron chi connectivity index (χ1n) is 2.97. The summed E-state index contributed by atoms with van der Waals surface area (Å²) < 4.78 is 19.2. The summed E-state index contributed by atoms with van der Waals surface area (Å²) in [7, 11) is 0. The molecule has 0 aliphatic rings. The van der Waals surface area contributed by atoms with Crippen LogP contribution in [0.1, 0.15) is 0 Å². The average Bonchev–Trinajstić information content (AvgIpc) is 1.81. The third kappa shape index (κ3) is 2.13. The summed E-state index contributed by atoms with van der Waals surface area (Å²) in [5, 5.41) is 11.9. The third-order valence-corrected chi connectivity index (χ3v) is 0.443. The van der Waals surface area contributed by atoms with E-state index in [0.717, 1.165) is 0 Å². The van der Waals surface area contributed by atoms with Crippen molar-refractivity contribution in [3.63, 3.8) is 0 Å². The molecule has 0 rings (SSSR count). The predicted molar refractivity (Wildman–Crippen MR) is 22.7 cm³/mol. The van der Waals surface area contributed by atoms with Crippen LogP contribution < -0.4 is 5.72 Å². The van der Waals surface area contributed by atoms with Crippen molar-refractivity contribution in [3.8, 4) is 0 Å². The fourth-order valence-corrected chi connectivity index (χ4v) is 0.0713. The van der Waals surface area contributed by atoms with Gasteiger partial charge in [-0.25, -0.2) is 0 Å². The number of rotatable bonds is 4. The molecule has 0 saturated heterocycles. The molecule has 0 saturated carbocycles. The molecule has 0 radical (unpaired) electrons. The molecule has 0 spiro atoms. The predicted octanol–water partition coefficient (Wildman–Crippen LogP) is -1.61. The maximum atomic E-state index is 10.1. The van der Waals surface area contributed by atoms with E-state index >= 15 is 0 Å². The van der Waals surface area contributed by atoms with Gasteiger partial charge in [0.2, 0.25) is 1.43 Å². The summed E-state index contributed by atoms with van der Waals surface area (Å²) in [5.74, 6) is -1.35. The SMILES string of the molecule is [2H]OCC(C(=O)O)N([2H])[2H]. The molecule has 4 nitrogen and oxygen atoms in total. The molecule has 0 aromatic rings. The summed E-state index contributed by atoms with van der Waals surface area (Å²) in [5.41, 5.74) is -0.0170. The van der Waals surface area contributed by atoms with E-state index in [1.165, 1.54) is 0 Å². The summed E-state index contributed by atoms with van der Waals surface area (Å²) in [4.78, 5) is 10.1. The number of hydrogen-bond donors (Lipinski definition) is 3. The molecule has 0 aliphatic carbocycles. The fraction of sp³-hybridized carbons (Fsp3) is 0.667. The standard InChI is InChI=1S/C3H7NO3/c4-2(1-5)3(6)7/h2,5H,1,4H2,(H,6,7)/i5D/hD2. The Labute approximate surface area is 45.0 Å². The molecule has 4 N–H and O–H groups in total. The Bertz CT molecular complexity index is 120. The number of hydrogen-bond acceptors (Lipinski definition) is 3. The number of carboxylic acids is 1. The molecule has 0 aromatic heterocycles. The van der Waals surface area contributed by atoms with Crippen LogP contribution in [0.3, 0.4) is 0 Å². The lowest BCUT2D eigenvalue weighted by atomic mass is 10.3. The van der Waals surface area contributed by atoms with E-state index in [4.69, 9.17) is 9.36 Å². The number of carbonyl (C=O) groups is 1. The van der Waals surface area contributed by atoms with Crippen LogP contribution in [0.2, 0.25) is 2.82 Å². The molecule has 0 aliphatic heterocycles. The van der Waals surface area contributed by atoms with Gasteiger partial charge in [0.05, 0.1) is 6.61 Å². The van der Waals surface area contributed by atoms with E-state index in [2.05, 4.69) is 5.11 Å². The van der Waals surface area contributed by atoms with Crippen LogP contribution in [-0.4, -0.2) is 30.3 Å². The first-order chi connectivity index (χ1) is 4.59. The van der Waals surface area contributed by atoms with Gasteiger partial charge >= 0.3 is 5.97 Å². The number of aliphatic hydroxyl groups excluding tert-OH is 1. The van der Waals surface area contributed by atoms with E-state index in [1.54, 1.807) is 0 Å². The first kappa shape index (κ1) is 2.64. The van der Waals surface area contributed by atoms with Gasteiger partial charge < -0.3 is 15.9 Å². The molecule has 0 fully saturated rings. The van der Waals surface area contributed by atoms with Gasteiger partial charge in [0.1, 0.15) is 8.87 Å². The number of aliphatic carboxylic acids is 1. The van der Waals surface area contributed by atoms with Crippen molar-refractivity contribution in [2.75, 3.05) is 6.61 Å². The Morgan fingerprint density at radius 3 is 3.14 bits per heavy atom. The molecule has 7 heavy (non-hydrogen) atoms. The molecule has 1 atom stereocenters. The van der Waals surface area contributed by atoms with Gasteiger partial charge in [0.25, 0.3) is 0 Å². The Kier molecular flexibility index (Phi) is 0.958. The molecule has 0 heterocycles. The minimum atomic E-state index is -1.39. The van der Waals surface area contributed by atoms with E-state index in [1.807, 2.05) is 0 Å². The lowest BCUT2D eigenvalue weighted by Crippen LogP contribution is -2.33. The molecule has 0 aromatic carbocycles. The molecule has 1 unspecified atom stereocenters. The van der Waals surface area contributed by atoms with E-state index in [-0.39, 0.29) is 5.72 Å². The third-order valence-electron chi connectivity index (χ3n) is 0.443. The van der Waals surface area contributed by atoms with Gasteiger partial charge in [0.15, 0.2) is 0 Å². The van der Waals surface area contributed by atoms with Gasteiger partial charge in [-0.1, -0.05) is 0 Å². The molecule has 4 heteroatoms. The van der Waals surface area contributed by atoms with Crippen LogP contribution in [0, 0.1) is 0 Å². The van der Waals surface area contributed by atoms with Gasteiger partial charge in [-0.2, -0.15) is 0 Å². The quantitative estimate of drug-likeness (QED) is 0.404. The first-order valence-corrected chi connectivity index (χ1v) is 1.67. The van der Waals surface area contributed by atoms with Crippen molar-refractivity contribution in [1.29, 1.82) is 1.43 Å². The Balaban J connectivity index is 3.85. The van der Waals surface area contributed by atoms with Crippen LogP contribution >= 0.6 is 0 Å². The average molecular weight is 108 g/mol. The van der Waals surface area contributed by atoms with Crippen molar-refractivity contribution < 1.29 is 17.8 Å². The largest absolute Gasteiger partial charge is 0.480 e. The lowest BCUT2D eigenvalue weighted by molar-refractivity contribution is -0.139. The van der Waals surface area contributed by atoms with Crippen molar-refractivity contribution >= 4 is 5.97 Å². The van der Waals surface area contributed by atoms with Crippen LogP contribution in [-0.2, 0) is 4.79 Å². The summed E-state index contributed by atoms with van der Waals surface area (Å²) in [6.07, 6.45) is 0. The van der Waals surface area contributed by atoms with Crippen LogP contribution in [0.5, 0.6) is 0 Å². The van der Waals surface area contributed by atoms with E-state index < -0.39 is 18.6 Å². The molecular weight excluding hydrogens is 98.0 g/mol. The zero-order valence-corrected chi connectivity index (χ0v) is 3.50. The maximum absolute atomic E-state index is 10.1. The van der Waals surface area contributed by atoms with Gasteiger partial charge in [-0.3, -0.25) is 4.79 Å². The topological polar surface area (TPSA) is 83.5 Å². The molecule has 0 amide bonds. The van der Waals surface area contributed by atoms with E-state index in [9.17, 15) is 4.79 Å². The zero-order chi connectivity index (χ0) is 8.15. The van der Waals surface area contributed by atoms with Crippen molar-refractivity contribution in [2.24, 2.45) is 5.72 Å². The van der Waals surface area contributed by atoms with Crippen LogP contribution in [0.4, 0.5) is 0 Å². The monoisotopic (exact) mass is 108 g/mol. The van der Waals surface area contributed by atoms with Gasteiger partial charge in [-0.15, -0.1) is 0 Å². The Morgan fingerprint density at radius 1 is 2.29 bits per heavy atom. The molecule has 0 bridgehead atoms. The fourth-order valence-electron chi connectivity index (χ4n) is 0.0713.